The third-order valence-corrected chi connectivity index (χ3v) is 2.83. The van der Waals surface area contributed by atoms with Crippen molar-refractivity contribution in [2.45, 2.75) is 77.9 Å². The van der Waals surface area contributed by atoms with Crippen molar-refractivity contribution in [2.75, 3.05) is 0 Å². The van der Waals surface area contributed by atoms with E-state index in [1.807, 2.05) is 0 Å². The van der Waals surface area contributed by atoms with Gasteiger partial charge in [0.05, 0.1) is 0 Å². The first-order valence-corrected chi connectivity index (χ1v) is 6.10. The summed E-state index contributed by atoms with van der Waals surface area (Å²) in [6.07, 6.45) is 11.4. The summed E-state index contributed by atoms with van der Waals surface area (Å²) in [6, 6.07) is 0. The standard InChI is InChI=1S/C12H26B/c1-4-5-6-7-8-9-10-11-12(2)13-3/h12H,4-11H2,1-3H3. The van der Waals surface area contributed by atoms with Gasteiger partial charge in [0, 0.05) is 0 Å². The van der Waals surface area contributed by atoms with E-state index in [1.165, 1.54) is 51.4 Å². The third kappa shape index (κ3) is 9.98. The molecule has 1 heteroatoms. The number of hydrogen-bond acceptors (Lipinski definition) is 0. The second kappa shape index (κ2) is 10.1. The predicted molar refractivity (Wildman–Crippen MR) is 63.7 cm³/mol. The maximum atomic E-state index is 2.32. The van der Waals surface area contributed by atoms with Crippen LogP contribution >= 0.6 is 0 Å². The highest BCUT2D eigenvalue weighted by Gasteiger charge is 1.98. The minimum absolute atomic E-state index is 0.829. The van der Waals surface area contributed by atoms with Gasteiger partial charge in [0.1, 0.15) is 7.28 Å². The van der Waals surface area contributed by atoms with E-state index in [4.69, 9.17) is 0 Å². The van der Waals surface area contributed by atoms with Crippen LogP contribution in [0.25, 0.3) is 0 Å². The Hall–Kier alpha value is 0.0649. The Morgan fingerprint density at radius 1 is 0.923 bits per heavy atom. The van der Waals surface area contributed by atoms with Gasteiger partial charge in [-0.3, -0.25) is 0 Å². The Labute approximate surface area is 85.7 Å². The lowest BCUT2D eigenvalue weighted by Gasteiger charge is -2.06. The fourth-order valence-corrected chi connectivity index (χ4v) is 1.59. The molecule has 0 aromatic heterocycles. The number of hydrogen-bond donors (Lipinski definition) is 0. The van der Waals surface area contributed by atoms with Crippen LogP contribution in [0.15, 0.2) is 0 Å². The Morgan fingerprint density at radius 3 is 2.00 bits per heavy atom. The summed E-state index contributed by atoms with van der Waals surface area (Å²) in [5, 5.41) is 0. The summed E-state index contributed by atoms with van der Waals surface area (Å²) in [5.41, 5.74) is 0. The van der Waals surface area contributed by atoms with Crippen molar-refractivity contribution in [3.63, 3.8) is 0 Å². The fraction of sp³-hybridized carbons (Fsp3) is 1.00. The molecule has 0 aromatic carbocycles. The van der Waals surface area contributed by atoms with Gasteiger partial charge in [-0.1, -0.05) is 77.9 Å². The van der Waals surface area contributed by atoms with Crippen LogP contribution in [0.3, 0.4) is 0 Å². The molecule has 0 fully saturated rings. The van der Waals surface area contributed by atoms with Gasteiger partial charge in [-0.2, -0.15) is 0 Å². The average molecular weight is 181 g/mol. The zero-order chi connectivity index (χ0) is 9.94. The van der Waals surface area contributed by atoms with Crippen molar-refractivity contribution in [3.8, 4) is 0 Å². The van der Waals surface area contributed by atoms with Gasteiger partial charge in [-0.15, -0.1) is 0 Å². The summed E-state index contributed by atoms with van der Waals surface area (Å²) < 4.78 is 0. The smallest absolute Gasteiger partial charge is 0.0917 e. The first-order chi connectivity index (χ1) is 6.31. The minimum atomic E-state index is 0.829. The number of rotatable bonds is 9. The molecule has 0 heterocycles. The quantitative estimate of drug-likeness (QED) is 0.357. The van der Waals surface area contributed by atoms with Crippen molar-refractivity contribution in [2.24, 2.45) is 0 Å². The van der Waals surface area contributed by atoms with Crippen molar-refractivity contribution >= 4 is 7.28 Å². The first kappa shape index (κ1) is 13.1. The summed E-state index contributed by atoms with van der Waals surface area (Å²) in [4.78, 5) is 0. The molecule has 0 bridgehead atoms. The maximum absolute atomic E-state index is 2.32. The summed E-state index contributed by atoms with van der Waals surface area (Å²) in [7, 11) is 2.32. The second-order valence-corrected chi connectivity index (χ2v) is 4.22. The van der Waals surface area contributed by atoms with Gasteiger partial charge in [-0.25, -0.2) is 0 Å². The van der Waals surface area contributed by atoms with E-state index in [9.17, 15) is 0 Å². The molecule has 0 amide bonds. The van der Waals surface area contributed by atoms with E-state index < -0.39 is 0 Å². The monoisotopic (exact) mass is 181 g/mol. The van der Waals surface area contributed by atoms with Crippen LogP contribution in [-0.2, 0) is 0 Å². The summed E-state index contributed by atoms with van der Waals surface area (Å²) in [5.74, 6) is 0.829. The molecule has 0 N–H and O–H groups in total. The molecule has 1 radical (unpaired) electrons. The van der Waals surface area contributed by atoms with Gasteiger partial charge in [0.2, 0.25) is 0 Å². The topological polar surface area (TPSA) is 0 Å². The second-order valence-electron chi connectivity index (χ2n) is 4.22. The van der Waals surface area contributed by atoms with Crippen molar-refractivity contribution in [1.29, 1.82) is 0 Å². The SMILES string of the molecule is C[B]C(C)CCCCCCCCC. The van der Waals surface area contributed by atoms with Crippen LogP contribution < -0.4 is 0 Å². The molecule has 0 aromatic rings. The van der Waals surface area contributed by atoms with Crippen molar-refractivity contribution in [3.05, 3.63) is 0 Å². The largest absolute Gasteiger partial charge is 0.109 e. The Balaban J connectivity index is 2.91. The first-order valence-electron chi connectivity index (χ1n) is 6.10. The molecule has 0 rings (SSSR count). The summed E-state index contributed by atoms with van der Waals surface area (Å²) >= 11 is 0. The van der Waals surface area contributed by atoms with E-state index >= 15 is 0 Å². The molecule has 1 atom stereocenters. The lowest BCUT2D eigenvalue weighted by Crippen LogP contribution is -1.93. The Bertz CT molecular complexity index is 91.1. The van der Waals surface area contributed by atoms with Crippen LogP contribution in [0.2, 0.25) is 12.6 Å². The minimum Gasteiger partial charge on any atom is -0.0917 e. The molecule has 1 unspecified atom stereocenters. The fourth-order valence-electron chi connectivity index (χ4n) is 1.59. The molecule has 0 aliphatic heterocycles. The molecule has 0 nitrogen and oxygen atoms in total. The zero-order valence-electron chi connectivity index (χ0n) is 9.81. The molecular formula is C12H26B. The van der Waals surface area contributed by atoms with Gasteiger partial charge in [-0.05, 0) is 0 Å². The molecule has 0 saturated heterocycles. The molecule has 77 valence electrons. The van der Waals surface area contributed by atoms with E-state index in [0.29, 0.717) is 0 Å². The van der Waals surface area contributed by atoms with Crippen molar-refractivity contribution < 1.29 is 0 Å². The predicted octanol–water partition coefficient (Wildman–Crippen LogP) is 4.69. The maximum Gasteiger partial charge on any atom is 0.109 e. The van der Waals surface area contributed by atoms with Gasteiger partial charge in [0.25, 0.3) is 0 Å². The van der Waals surface area contributed by atoms with Crippen LogP contribution in [0.4, 0.5) is 0 Å². The normalized spacial score (nSPS) is 12.8. The van der Waals surface area contributed by atoms with Crippen LogP contribution in [0, 0.1) is 0 Å². The Kier molecular flexibility index (Phi) is 10.2. The highest BCUT2D eigenvalue weighted by Crippen LogP contribution is 2.14. The average Bonchev–Trinajstić information content (AvgIpc) is 2.16. The van der Waals surface area contributed by atoms with Gasteiger partial charge < -0.3 is 0 Å². The summed E-state index contributed by atoms with van der Waals surface area (Å²) in [6.45, 7) is 6.77. The zero-order valence-corrected chi connectivity index (χ0v) is 9.81. The van der Waals surface area contributed by atoms with Crippen LogP contribution in [0.5, 0.6) is 0 Å². The van der Waals surface area contributed by atoms with E-state index in [1.54, 1.807) is 0 Å². The van der Waals surface area contributed by atoms with Gasteiger partial charge >= 0.3 is 0 Å². The van der Waals surface area contributed by atoms with Crippen LogP contribution in [0.1, 0.15) is 65.2 Å². The van der Waals surface area contributed by atoms with Crippen molar-refractivity contribution in [1.82, 2.24) is 0 Å². The highest BCUT2D eigenvalue weighted by molar-refractivity contribution is 6.35. The molecule has 0 aliphatic rings. The van der Waals surface area contributed by atoms with E-state index in [2.05, 4.69) is 28.0 Å². The molecule has 13 heavy (non-hydrogen) atoms. The molecule has 0 spiro atoms. The Morgan fingerprint density at radius 2 is 1.46 bits per heavy atom. The third-order valence-electron chi connectivity index (χ3n) is 2.83. The van der Waals surface area contributed by atoms with E-state index in [-0.39, 0.29) is 0 Å². The lowest BCUT2D eigenvalue weighted by molar-refractivity contribution is 0.571. The van der Waals surface area contributed by atoms with Crippen LogP contribution in [-0.4, -0.2) is 7.28 Å². The molecule has 0 saturated carbocycles. The highest BCUT2D eigenvalue weighted by atomic mass is 14.0. The molecular weight excluding hydrogens is 155 g/mol. The number of unbranched alkanes of at least 4 members (excludes halogenated alkanes) is 6. The molecule has 0 aliphatic carbocycles. The van der Waals surface area contributed by atoms with Gasteiger partial charge in [0.15, 0.2) is 0 Å². The van der Waals surface area contributed by atoms with E-state index in [0.717, 1.165) is 5.82 Å². The lowest BCUT2D eigenvalue weighted by atomic mass is 9.66.